The first-order valence-corrected chi connectivity index (χ1v) is 8.58. The fourth-order valence-electron chi connectivity index (χ4n) is 0.312. The summed E-state index contributed by atoms with van der Waals surface area (Å²) in [4.78, 5) is 19.1. The van der Waals surface area contributed by atoms with Crippen molar-refractivity contribution in [1.82, 2.24) is 0 Å². The van der Waals surface area contributed by atoms with E-state index in [-0.39, 0.29) is 12.8 Å². The molecular formula is C9H20O5S4. The van der Waals surface area contributed by atoms with Crippen LogP contribution in [-0.4, -0.2) is 44.0 Å². The van der Waals surface area contributed by atoms with E-state index in [9.17, 15) is 9.59 Å². The van der Waals surface area contributed by atoms with E-state index in [1.165, 1.54) is 10.8 Å². The van der Waals surface area contributed by atoms with Crippen molar-refractivity contribution in [1.29, 1.82) is 0 Å². The van der Waals surface area contributed by atoms with Crippen LogP contribution in [0.1, 0.15) is 26.2 Å². The highest BCUT2D eigenvalue weighted by atomic mass is 33.1. The van der Waals surface area contributed by atoms with Crippen molar-refractivity contribution in [3.05, 3.63) is 0 Å². The Balaban J connectivity index is -0.000000187. The SMILES string of the molecule is CCCSSO.O=C(O)CCS.O=C(O)CCS. The Morgan fingerprint density at radius 2 is 1.44 bits per heavy atom. The van der Waals surface area contributed by atoms with Gasteiger partial charge in [-0.2, -0.15) is 25.3 Å². The summed E-state index contributed by atoms with van der Waals surface area (Å²) >= 11 is 8.20. The lowest BCUT2D eigenvalue weighted by molar-refractivity contribution is -0.137. The first-order valence-electron chi connectivity index (χ1n) is 5.04. The fraction of sp³-hybridized carbons (Fsp3) is 0.778. The van der Waals surface area contributed by atoms with Gasteiger partial charge in [0.25, 0.3) is 0 Å². The molecule has 0 unspecified atom stereocenters. The molecular weight excluding hydrogens is 316 g/mol. The molecule has 0 saturated heterocycles. The molecule has 0 spiro atoms. The Morgan fingerprint density at radius 1 is 1.06 bits per heavy atom. The third-order valence-electron chi connectivity index (χ3n) is 0.991. The van der Waals surface area contributed by atoms with Crippen LogP contribution in [0.5, 0.6) is 0 Å². The second-order valence-corrected chi connectivity index (χ2v) is 5.47. The molecule has 0 radical (unpaired) electrons. The zero-order chi connectivity index (χ0) is 14.8. The Bertz CT molecular complexity index is 172. The normalized spacial score (nSPS) is 8.44. The van der Waals surface area contributed by atoms with E-state index in [1.54, 1.807) is 0 Å². The number of carboxylic acids is 2. The molecule has 0 aromatic heterocycles. The van der Waals surface area contributed by atoms with Crippen molar-refractivity contribution >= 4 is 59.1 Å². The molecule has 0 aromatic carbocycles. The Morgan fingerprint density at radius 3 is 1.50 bits per heavy atom. The number of hydrogen-bond acceptors (Lipinski definition) is 7. The molecule has 0 saturated carbocycles. The van der Waals surface area contributed by atoms with E-state index in [4.69, 9.17) is 14.8 Å². The van der Waals surface area contributed by atoms with Gasteiger partial charge in [-0.25, -0.2) is 0 Å². The van der Waals surface area contributed by atoms with E-state index in [0.717, 1.165) is 23.2 Å². The maximum absolute atomic E-state index is 9.55. The molecule has 3 N–H and O–H groups in total. The minimum absolute atomic E-state index is 0.156. The zero-order valence-corrected chi connectivity index (χ0v) is 13.5. The van der Waals surface area contributed by atoms with Crippen LogP contribution in [0.25, 0.3) is 0 Å². The molecule has 0 aliphatic heterocycles. The summed E-state index contributed by atoms with van der Waals surface area (Å²) in [5, 5.41) is 15.7. The van der Waals surface area contributed by atoms with Crippen LogP contribution in [0.4, 0.5) is 0 Å². The molecule has 0 amide bonds. The predicted molar refractivity (Wildman–Crippen MR) is 85.2 cm³/mol. The highest BCUT2D eigenvalue weighted by Gasteiger charge is 1.88. The van der Waals surface area contributed by atoms with Gasteiger partial charge in [0.15, 0.2) is 0 Å². The van der Waals surface area contributed by atoms with Gasteiger partial charge in [-0.15, -0.1) is 0 Å². The molecule has 0 rings (SSSR count). The average Bonchev–Trinajstić information content (AvgIpc) is 2.27. The molecule has 18 heavy (non-hydrogen) atoms. The second kappa shape index (κ2) is 22.5. The molecule has 0 bridgehead atoms. The van der Waals surface area contributed by atoms with Gasteiger partial charge >= 0.3 is 11.9 Å². The highest BCUT2D eigenvalue weighted by molar-refractivity contribution is 8.74. The molecule has 0 heterocycles. The minimum Gasteiger partial charge on any atom is -0.481 e. The van der Waals surface area contributed by atoms with Crippen LogP contribution < -0.4 is 0 Å². The minimum atomic E-state index is -0.787. The smallest absolute Gasteiger partial charge is 0.304 e. The van der Waals surface area contributed by atoms with Gasteiger partial charge in [0.05, 0.1) is 23.9 Å². The van der Waals surface area contributed by atoms with E-state index in [1.807, 2.05) is 0 Å². The molecule has 9 heteroatoms. The van der Waals surface area contributed by atoms with Crippen molar-refractivity contribution < 1.29 is 24.4 Å². The van der Waals surface area contributed by atoms with E-state index >= 15 is 0 Å². The summed E-state index contributed by atoms with van der Waals surface area (Å²) in [7, 11) is 1.48. The monoisotopic (exact) mass is 336 g/mol. The predicted octanol–water partition coefficient (Wildman–Crippen LogP) is 3.03. The summed E-state index contributed by atoms with van der Waals surface area (Å²) in [5.74, 6) is 0.321. The number of thiol groups is 2. The number of carboxylic acid groups (broad SMARTS) is 2. The van der Waals surface area contributed by atoms with Gasteiger partial charge in [0.1, 0.15) is 0 Å². The lowest BCUT2D eigenvalue weighted by Gasteiger charge is -1.84. The summed E-state index contributed by atoms with van der Waals surface area (Å²) in [6, 6.07) is 0. The molecule has 0 fully saturated rings. The molecule has 0 aliphatic rings. The summed E-state index contributed by atoms with van der Waals surface area (Å²) in [6.45, 7) is 2.09. The Kier molecular flexibility index (Phi) is 29.2. The van der Waals surface area contributed by atoms with E-state index < -0.39 is 11.9 Å². The van der Waals surface area contributed by atoms with Crippen molar-refractivity contribution in [3.63, 3.8) is 0 Å². The lowest BCUT2D eigenvalue weighted by atomic mass is 10.5. The van der Waals surface area contributed by atoms with Crippen LogP contribution in [0.15, 0.2) is 0 Å². The maximum atomic E-state index is 9.55. The number of aliphatic carboxylic acids is 2. The second-order valence-electron chi connectivity index (χ2n) is 2.63. The van der Waals surface area contributed by atoms with Gasteiger partial charge in [0.2, 0.25) is 0 Å². The largest absolute Gasteiger partial charge is 0.481 e. The van der Waals surface area contributed by atoms with Crippen molar-refractivity contribution in [2.24, 2.45) is 0 Å². The van der Waals surface area contributed by atoms with Crippen molar-refractivity contribution in [2.75, 3.05) is 17.3 Å². The fourth-order valence-corrected chi connectivity index (χ4v) is 1.66. The van der Waals surface area contributed by atoms with Crippen LogP contribution >= 0.6 is 47.1 Å². The molecule has 110 valence electrons. The third-order valence-corrected chi connectivity index (χ3v) is 2.94. The maximum Gasteiger partial charge on any atom is 0.304 e. The van der Waals surface area contributed by atoms with Crippen LogP contribution in [0, 0.1) is 0 Å². The summed E-state index contributed by atoms with van der Waals surface area (Å²) in [6.07, 6.45) is 1.45. The molecule has 0 aromatic rings. The van der Waals surface area contributed by atoms with Crippen LogP contribution in [0.2, 0.25) is 0 Å². The van der Waals surface area contributed by atoms with E-state index in [0.29, 0.717) is 11.5 Å². The summed E-state index contributed by atoms with van der Waals surface area (Å²) in [5.41, 5.74) is 0. The van der Waals surface area contributed by atoms with Gasteiger partial charge in [-0.1, -0.05) is 17.7 Å². The van der Waals surface area contributed by atoms with Crippen LogP contribution in [0.3, 0.4) is 0 Å². The standard InChI is InChI=1S/2C3H6O2S.C3H8OS2/c2*4-3(5)1-2-6;1-2-3-5-6-4/h2*6H,1-2H2,(H,4,5);4H,2-3H2,1H3. The first-order chi connectivity index (χ1) is 8.45. The first kappa shape index (κ1) is 23.4. The highest BCUT2D eigenvalue weighted by Crippen LogP contribution is 2.15. The van der Waals surface area contributed by atoms with Crippen LogP contribution in [-0.2, 0) is 9.59 Å². The van der Waals surface area contributed by atoms with Crippen molar-refractivity contribution in [3.8, 4) is 0 Å². The van der Waals surface area contributed by atoms with Gasteiger partial charge in [0, 0.05) is 17.3 Å². The zero-order valence-electron chi connectivity index (χ0n) is 10.1. The number of hydrogen-bond donors (Lipinski definition) is 5. The van der Waals surface area contributed by atoms with Crippen molar-refractivity contribution in [2.45, 2.75) is 26.2 Å². The summed E-state index contributed by atoms with van der Waals surface area (Å²) < 4.78 is 8.08. The average molecular weight is 337 g/mol. The lowest BCUT2D eigenvalue weighted by Crippen LogP contribution is -1.93. The Labute approximate surface area is 127 Å². The number of rotatable bonds is 7. The van der Waals surface area contributed by atoms with Gasteiger partial charge in [-0.3, -0.25) is 9.59 Å². The van der Waals surface area contributed by atoms with Gasteiger partial charge < -0.3 is 14.8 Å². The number of carbonyl (C=O) groups is 2. The molecule has 0 aliphatic carbocycles. The van der Waals surface area contributed by atoms with E-state index in [2.05, 4.69) is 32.2 Å². The molecule has 5 nitrogen and oxygen atoms in total. The molecule has 0 atom stereocenters. The third kappa shape index (κ3) is 44.1. The Hall–Kier alpha value is 0.300. The quantitative estimate of drug-likeness (QED) is 0.211. The van der Waals surface area contributed by atoms with Gasteiger partial charge in [-0.05, 0) is 6.42 Å². The topological polar surface area (TPSA) is 94.8 Å².